The minimum atomic E-state index is 0.114. The average Bonchev–Trinajstić information content (AvgIpc) is 2.63. The molecule has 0 saturated carbocycles. The van der Waals surface area contributed by atoms with Crippen molar-refractivity contribution in [3.8, 4) is 11.4 Å². The average molecular weight is 215 g/mol. The number of nitrogens with zero attached hydrogens (tertiary/aromatic N) is 3. The molecular formula is C13H17N3. The third-order valence-corrected chi connectivity index (χ3v) is 2.69. The summed E-state index contributed by atoms with van der Waals surface area (Å²) in [5.41, 5.74) is 2.57. The second-order valence-corrected chi connectivity index (χ2v) is 5.06. The second kappa shape index (κ2) is 3.74. The lowest BCUT2D eigenvalue weighted by Crippen LogP contribution is -2.13. The Labute approximate surface area is 96.1 Å². The lowest BCUT2D eigenvalue weighted by Gasteiger charge is -2.22. The molecule has 0 aliphatic carbocycles. The maximum atomic E-state index is 4.17. The number of hydrogen-bond acceptors (Lipinski definition) is 2. The minimum absolute atomic E-state index is 0.114. The highest BCUT2D eigenvalue weighted by molar-refractivity contribution is 5.62. The van der Waals surface area contributed by atoms with E-state index in [1.165, 1.54) is 5.56 Å². The summed E-state index contributed by atoms with van der Waals surface area (Å²) < 4.78 is 1.95. The van der Waals surface area contributed by atoms with Gasteiger partial charge < -0.3 is 4.57 Å². The van der Waals surface area contributed by atoms with Gasteiger partial charge in [-0.25, -0.2) is 0 Å². The molecule has 3 nitrogen and oxygen atoms in total. The van der Waals surface area contributed by atoms with Gasteiger partial charge in [-0.15, -0.1) is 10.2 Å². The van der Waals surface area contributed by atoms with Crippen molar-refractivity contribution in [3.05, 3.63) is 36.2 Å². The molecule has 1 heterocycles. The van der Waals surface area contributed by atoms with E-state index >= 15 is 0 Å². The summed E-state index contributed by atoms with van der Waals surface area (Å²) in [6.45, 7) is 6.63. The van der Waals surface area contributed by atoms with Crippen LogP contribution in [0.2, 0.25) is 0 Å². The quantitative estimate of drug-likeness (QED) is 0.732. The Balaban J connectivity index is 2.62. The van der Waals surface area contributed by atoms with Crippen LogP contribution in [-0.4, -0.2) is 14.8 Å². The molecule has 3 heteroatoms. The molecule has 0 unspecified atom stereocenters. The van der Waals surface area contributed by atoms with Gasteiger partial charge in [0.25, 0.3) is 0 Å². The molecule has 16 heavy (non-hydrogen) atoms. The van der Waals surface area contributed by atoms with Gasteiger partial charge in [0.1, 0.15) is 6.33 Å². The normalized spacial score (nSPS) is 11.8. The molecule has 2 aromatic rings. The molecule has 0 fully saturated rings. The van der Waals surface area contributed by atoms with Crippen LogP contribution in [0.1, 0.15) is 26.3 Å². The summed E-state index contributed by atoms with van der Waals surface area (Å²) in [6.07, 6.45) is 1.73. The molecule has 84 valence electrons. The van der Waals surface area contributed by atoms with Crippen molar-refractivity contribution < 1.29 is 0 Å². The van der Waals surface area contributed by atoms with E-state index in [9.17, 15) is 0 Å². The Morgan fingerprint density at radius 2 is 1.81 bits per heavy atom. The van der Waals surface area contributed by atoms with Crippen molar-refractivity contribution in [2.75, 3.05) is 0 Å². The molecule has 0 spiro atoms. The van der Waals surface area contributed by atoms with Crippen molar-refractivity contribution in [1.29, 1.82) is 0 Å². The summed E-state index contributed by atoms with van der Waals surface area (Å²) in [4.78, 5) is 0. The van der Waals surface area contributed by atoms with Crippen LogP contribution in [0.3, 0.4) is 0 Å². The predicted molar refractivity (Wildman–Crippen MR) is 65.1 cm³/mol. The molecule has 0 amide bonds. The van der Waals surface area contributed by atoms with E-state index in [2.05, 4.69) is 49.2 Å². The first-order valence-electron chi connectivity index (χ1n) is 5.44. The van der Waals surface area contributed by atoms with Gasteiger partial charge in [0.05, 0.1) is 0 Å². The molecule has 0 saturated heterocycles. The SMILES string of the molecule is Cn1cnnc1-c1ccccc1C(C)(C)C. The van der Waals surface area contributed by atoms with E-state index < -0.39 is 0 Å². The Hall–Kier alpha value is -1.64. The highest BCUT2D eigenvalue weighted by Crippen LogP contribution is 2.31. The van der Waals surface area contributed by atoms with Crippen LogP contribution in [0.15, 0.2) is 30.6 Å². The van der Waals surface area contributed by atoms with E-state index in [-0.39, 0.29) is 5.41 Å². The van der Waals surface area contributed by atoms with Crippen molar-refractivity contribution in [3.63, 3.8) is 0 Å². The van der Waals surface area contributed by atoms with Gasteiger partial charge in [0, 0.05) is 12.6 Å². The minimum Gasteiger partial charge on any atom is -0.317 e. The standard InChI is InChI=1S/C13H17N3/c1-13(2,3)11-8-6-5-7-10(11)12-15-14-9-16(12)4/h5-9H,1-4H3. The zero-order valence-corrected chi connectivity index (χ0v) is 10.2. The van der Waals surface area contributed by atoms with Gasteiger partial charge in [-0.1, -0.05) is 45.0 Å². The van der Waals surface area contributed by atoms with Gasteiger partial charge in [-0.3, -0.25) is 0 Å². The van der Waals surface area contributed by atoms with Crippen LogP contribution in [0.25, 0.3) is 11.4 Å². The first-order valence-corrected chi connectivity index (χ1v) is 5.44. The number of aryl methyl sites for hydroxylation is 1. The summed E-state index contributed by atoms with van der Waals surface area (Å²) in [6, 6.07) is 8.37. The van der Waals surface area contributed by atoms with Gasteiger partial charge in [0.2, 0.25) is 0 Å². The monoisotopic (exact) mass is 215 g/mol. The van der Waals surface area contributed by atoms with Crippen molar-refractivity contribution in [1.82, 2.24) is 14.8 Å². The van der Waals surface area contributed by atoms with Crippen LogP contribution >= 0.6 is 0 Å². The molecular weight excluding hydrogens is 198 g/mol. The lowest BCUT2D eigenvalue weighted by molar-refractivity contribution is 0.591. The zero-order chi connectivity index (χ0) is 11.8. The first kappa shape index (κ1) is 10.9. The van der Waals surface area contributed by atoms with Gasteiger partial charge in [0.15, 0.2) is 5.82 Å². The van der Waals surface area contributed by atoms with E-state index in [4.69, 9.17) is 0 Å². The van der Waals surface area contributed by atoms with Crippen LogP contribution in [0.5, 0.6) is 0 Å². The summed E-state index contributed by atoms with van der Waals surface area (Å²) in [7, 11) is 1.97. The highest BCUT2D eigenvalue weighted by atomic mass is 15.2. The summed E-state index contributed by atoms with van der Waals surface area (Å²) >= 11 is 0. The third-order valence-electron chi connectivity index (χ3n) is 2.69. The smallest absolute Gasteiger partial charge is 0.163 e. The topological polar surface area (TPSA) is 30.7 Å². The van der Waals surface area contributed by atoms with Crippen LogP contribution < -0.4 is 0 Å². The molecule has 0 radical (unpaired) electrons. The molecule has 0 aliphatic rings. The summed E-state index contributed by atoms with van der Waals surface area (Å²) in [5.74, 6) is 0.922. The zero-order valence-electron chi connectivity index (χ0n) is 10.2. The third kappa shape index (κ3) is 1.85. The van der Waals surface area contributed by atoms with Gasteiger partial charge >= 0.3 is 0 Å². The predicted octanol–water partition coefficient (Wildman–Crippen LogP) is 2.78. The lowest BCUT2D eigenvalue weighted by atomic mass is 9.83. The first-order chi connectivity index (χ1) is 7.50. The Morgan fingerprint density at radius 3 is 2.38 bits per heavy atom. The molecule has 0 atom stereocenters. The maximum Gasteiger partial charge on any atom is 0.163 e. The fraction of sp³-hybridized carbons (Fsp3) is 0.385. The Kier molecular flexibility index (Phi) is 2.54. The number of benzene rings is 1. The van der Waals surface area contributed by atoms with Gasteiger partial charge in [-0.2, -0.15) is 0 Å². The largest absolute Gasteiger partial charge is 0.317 e. The van der Waals surface area contributed by atoms with Crippen molar-refractivity contribution >= 4 is 0 Å². The Morgan fingerprint density at radius 1 is 1.12 bits per heavy atom. The fourth-order valence-electron chi connectivity index (χ4n) is 1.86. The molecule has 1 aromatic heterocycles. The van der Waals surface area contributed by atoms with Crippen LogP contribution in [0, 0.1) is 0 Å². The molecule has 0 bridgehead atoms. The number of rotatable bonds is 1. The van der Waals surface area contributed by atoms with E-state index in [0.29, 0.717) is 0 Å². The van der Waals surface area contributed by atoms with Crippen molar-refractivity contribution in [2.45, 2.75) is 26.2 Å². The van der Waals surface area contributed by atoms with Crippen molar-refractivity contribution in [2.24, 2.45) is 7.05 Å². The van der Waals surface area contributed by atoms with Crippen LogP contribution in [-0.2, 0) is 12.5 Å². The molecule has 2 rings (SSSR count). The molecule has 0 aliphatic heterocycles. The molecule has 0 N–H and O–H groups in total. The van der Waals surface area contributed by atoms with E-state index in [0.717, 1.165) is 11.4 Å². The van der Waals surface area contributed by atoms with Crippen LogP contribution in [0.4, 0.5) is 0 Å². The van der Waals surface area contributed by atoms with E-state index in [1.54, 1.807) is 6.33 Å². The summed E-state index contributed by atoms with van der Waals surface area (Å²) in [5, 5.41) is 8.11. The number of hydrogen-bond donors (Lipinski definition) is 0. The highest BCUT2D eigenvalue weighted by Gasteiger charge is 2.20. The Bertz CT molecular complexity index is 492. The number of aromatic nitrogens is 3. The maximum absolute atomic E-state index is 4.17. The van der Waals surface area contributed by atoms with Gasteiger partial charge in [-0.05, 0) is 11.0 Å². The fourth-order valence-corrected chi connectivity index (χ4v) is 1.86. The molecule has 1 aromatic carbocycles. The van der Waals surface area contributed by atoms with E-state index in [1.807, 2.05) is 17.7 Å². The second-order valence-electron chi connectivity index (χ2n) is 5.06.